The first-order chi connectivity index (χ1) is 12.7. The highest BCUT2D eigenvalue weighted by atomic mass is 16.3. The second-order valence-corrected chi connectivity index (χ2v) is 6.33. The molecule has 0 radical (unpaired) electrons. The third kappa shape index (κ3) is 3.13. The number of nitrogen functional groups attached to an aromatic ring is 1. The van der Waals surface area contributed by atoms with E-state index in [-0.39, 0.29) is 5.75 Å². The zero-order valence-electron chi connectivity index (χ0n) is 14.4. The van der Waals surface area contributed by atoms with Gasteiger partial charge in [-0.3, -0.25) is 0 Å². The van der Waals surface area contributed by atoms with Crippen LogP contribution in [0.1, 0.15) is 0 Å². The number of para-hydroxylation sites is 2. The first-order valence-corrected chi connectivity index (χ1v) is 8.69. The number of nitrogens with zero attached hydrogens (tertiary/aromatic N) is 4. The van der Waals surface area contributed by atoms with Crippen LogP contribution in [-0.4, -0.2) is 41.5 Å². The van der Waals surface area contributed by atoms with E-state index in [9.17, 15) is 5.11 Å². The Labute approximate surface area is 152 Å². The van der Waals surface area contributed by atoms with Crippen LogP contribution in [0.25, 0.3) is 11.3 Å². The fourth-order valence-corrected chi connectivity index (χ4v) is 3.31. The van der Waals surface area contributed by atoms with Crippen LogP contribution in [0, 0.1) is 0 Å². The van der Waals surface area contributed by atoms with Crippen molar-refractivity contribution in [3.8, 4) is 17.0 Å². The molecule has 0 amide bonds. The van der Waals surface area contributed by atoms with Gasteiger partial charge in [0, 0.05) is 37.4 Å². The summed E-state index contributed by atoms with van der Waals surface area (Å²) in [5.41, 5.74) is 9.48. The fourth-order valence-electron chi connectivity index (χ4n) is 3.31. The molecule has 0 unspecified atom stereocenters. The molecule has 1 aliphatic rings. The predicted molar refractivity (Wildman–Crippen MR) is 104 cm³/mol. The van der Waals surface area contributed by atoms with Gasteiger partial charge >= 0.3 is 0 Å². The summed E-state index contributed by atoms with van der Waals surface area (Å²) in [4.78, 5) is 4.60. The number of anilines is 3. The second kappa shape index (κ2) is 6.92. The quantitative estimate of drug-likeness (QED) is 0.758. The summed E-state index contributed by atoms with van der Waals surface area (Å²) < 4.78 is 0. The van der Waals surface area contributed by atoms with E-state index in [1.165, 1.54) is 5.69 Å². The molecule has 1 saturated heterocycles. The van der Waals surface area contributed by atoms with Gasteiger partial charge < -0.3 is 20.6 Å². The largest absolute Gasteiger partial charge is 0.507 e. The third-order valence-corrected chi connectivity index (χ3v) is 4.72. The van der Waals surface area contributed by atoms with Gasteiger partial charge in [0.05, 0.1) is 11.4 Å². The Morgan fingerprint density at radius 3 is 2.19 bits per heavy atom. The maximum absolute atomic E-state index is 10.1. The Bertz CT molecular complexity index is 892. The van der Waals surface area contributed by atoms with Gasteiger partial charge in [0.1, 0.15) is 5.75 Å². The summed E-state index contributed by atoms with van der Waals surface area (Å²) in [6, 6.07) is 19.5. The minimum absolute atomic E-state index is 0.186. The molecule has 0 saturated carbocycles. The number of nitrogens with two attached hydrogens (primary N) is 1. The van der Waals surface area contributed by atoms with Gasteiger partial charge in [0.25, 0.3) is 0 Å². The molecule has 1 aliphatic heterocycles. The van der Waals surface area contributed by atoms with Crippen LogP contribution in [0.5, 0.6) is 5.75 Å². The van der Waals surface area contributed by atoms with E-state index in [4.69, 9.17) is 5.73 Å². The van der Waals surface area contributed by atoms with Crippen molar-refractivity contribution < 1.29 is 5.11 Å². The molecule has 1 aromatic heterocycles. The van der Waals surface area contributed by atoms with Crippen LogP contribution < -0.4 is 15.5 Å². The summed E-state index contributed by atoms with van der Waals surface area (Å²) >= 11 is 0. The lowest BCUT2D eigenvalue weighted by Gasteiger charge is -2.37. The monoisotopic (exact) mass is 347 g/mol. The Morgan fingerprint density at radius 2 is 1.46 bits per heavy atom. The van der Waals surface area contributed by atoms with Crippen molar-refractivity contribution >= 4 is 17.2 Å². The first-order valence-electron chi connectivity index (χ1n) is 8.69. The third-order valence-electron chi connectivity index (χ3n) is 4.72. The number of piperazine rings is 1. The molecule has 26 heavy (non-hydrogen) atoms. The molecule has 6 nitrogen and oxygen atoms in total. The standard InChI is InChI=1S/C20H21N5O/c21-20-18(14-17(22-23-20)16-8-4-5-9-19(16)26)25-12-10-24(11-13-25)15-6-2-1-3-7-15/h1-9,14,26H,10-13H2,(H2,21,23). The summed E-state index contributed by atoms with van der Waals surface area (Å²) in [6.07, 6.45) is 0. The fraction of sp³-hybridized carbons (Fsp3) is 0.200. The van der Waals surface area contributed by atoms with Crippen molar-refractivity contribution in [2.75, 3.05) is 41.7 Å². The molecule has 1 fully saturated rings. The SMILES string of the molecule is Nc1nnc(-c2ccccc2O)cc1N1CCN(c2ccccc2)CC1. The minimum atomic E-state index is 0.186. The van der Waals surface area contributed by atoms with E-state index >= 15 is 0 Å². The van der Waals surface area contributed by atoms with Gasteiger partial charge in [-0.15, -0.1) is 10.2 Å². The zero-order chi connectivity index (χ0) is 17.9. The van der Waals surface area contributed by atoms with Crippen LogP contribution in [0.15, 0.2) is 60.7 Å². The topological polar surface area (TPSA) is 78.5 Å². The molecule has 2 heterocycles. The number of rotatable bonds is 3. The molecule has 3 N–H and O–H groups in total. The van der Waals surface area contributed by atoms with Crippen molar-refractivity contribution in [2.24, 2.45) is 0 Å². The molecule has 6 heteroatoms. The van der Waals surface area contributed by atoms with Crippen LogP contribution in [-0.2, 0) is 0 Å². The number of hydrogen-bond acceptors (Lipinski definition) is 6. The average Bonchev–Trinajstić information content (AvgIpc) is 2.70. The number of aromatic nitrogens is 2. The van der Waals surface area contributed by atoms with Crippen LogP contribution >= 0.6 is 0 Å². The molecule has 0 aliphatic carbocycles. The van der Waals surface area contributed by atoms with Gasteiger partial charge in [0.15, 0.2) is 5.82 Å². The van der Waals surface area contributed by atoms with E-state index in [1.54, 1.807) is 12.1 Å². The van der Waals surface area contributed by atoms with E-state index in [0.29, 0.717) is 17.1 Å². The first kappa shape index (κ1) is 16.2. The number of hydrogen-bond donors (Lipinski definition) is 2. The van der Waals surface area contributed by atoms with E-state index < -0.39 is 0 Å². The van der Waals surface area contributed by atoms with E-state index in [2.05, 4.69) is 44.3 Å². The highest BCUT2D eigenvalue weighted by molar-refractivity contribution is 5.74. The summed E-state index contributed by atoms with van der Waals surface area (Å²) in [7, 11) is 0. The van der Waals surface area contributed by atoms with Gasteiger partial charge in [-0.05, 0) is 30.3 Å². The molecule has 4 rings (SSSR count). The van der Waals surface area contributed by atoms with E-state index in [1.807, 2.05) is 24.3 Å². The number of phenolic OH excluding ortho intramolecular Hbond substituents is 1. The normalized spacial score (nSPS) is 14.5. The molecule has 0 spiro atoms. The molecule has 0 atom stereocenters. The van der Waals surface area contributed by atoms with Gasteiger partial charge in [0.2, 0.25) is 0 Å². The Balaban J connectivity index is 1.55. The van der Waals surface area contributed by atoms with Crippen molar-refractivity contribution in [3.05, 3.63) is 60.7 Å². The highest BCUT2D eigenvalue weighted by Gasteiger charge is 2.21. The molecular weight excluding hydrogens is 326 g/mol. The molecular formula is C20H21N5O. The number of phenols is 1. The van der Waals surface area contributed by atoms with Crippen molar-refractivity contribution in [3.63, 3.8) is 0 Å². The molecule has 3 aromatic rings. The summed E-state index contributed by atoms with van der Waals surface area (Å²) in [5.74, 6) is 0.601. The van der Waals surface area contributed by atoms with Crippen molar-refractivity contribution in [1.82, 2.24) is 10.2 Å². The Morgan fingerprint density at radius 1 is 0.808 bits per heavy atom. The average molecular weight is 347 g/mol. The van der Waals surface area contributed by atoms with Gasteiger partial charge in [-0.1, -0.05) is 30.3 Å². The lowest BCUT2D eigenvalue weighted by atomic mass is 10.1. The predicted octanol–water partition coefficient (Wildman–Crippen LogP) is 2.76. The maximum atomic E-state index is 10.1. The number of aromatic hydroxyl groups is 1. The lowest BCUT2D eigenvalue weighted by Crippen LogP contribution is -2.46. The van der Waals surface area contributed by atoms with Gasteiger partial charge in [-0.2, -0.15) is 0 Å². The molecule has 132 valence electrons. The second-order valence-electron chi connectivity index (χ2n) is 6.33. The van der Waals surface area contributed by atoms with Crippen molar-refractivity contribution in [1.29, 1.82) is 0 Å². The highest BCUT2D eigenvalue weighted by Crippen LogP contribution is 2.31. The van der Waals surface area contributed by atoms with E-state index in [0.717, 1.165) is 31.9 Å². The Hall–Kier alpha value is -3.28. The molecule has 2 aromatic carbocycles. The minimum Gasteiger partial charge on any atom is -0.507 e. The molecule has 0 bridgehead atoms. The maximum Gasteiger partial charge on any atom is 0.169 e. The number of benzene rings is 2. The van der Waals surface area contributed by atoms with Crippen LogP contribution in [0.3, 0.4) is 0 Å². The zero-order valence-corrected chi connectivity index (χ0v) is 14.4. The lowest BCUT2D eigenvalue weighted by molar-refractivity contribution is 0.477. The summed E-state index contributed by atoms with van der Waals surface area (Å²) in [5, 5.41) is 18.3. The smallest absolute Gasteiger partial charge is 0.169 e. The van der Waals surface area contributed by atoms with Gasteiger partial charge in [-0.25, -0.2) is 0 Å². The Kier molecular flexibility index (Phi) is 4.31. The van der Waals surface area contributed by atoms with Crippen LogP contribution in [0.2, 0.25) is 0 Å². The van der Waals surface area contributed by atoms with Crippen molar-refractivity contribution in [2.45, 2.75) is 0 Å². The van der Waals surface area contributed by atoms with Crippen LogP contribution in [0.4, 0.5) is 17.2 Å². The summed E-state index contributed by atoms with van der Waals surface area (Å²) in [6.45, 7) is 3.53.